The first-order valence-electron chi connectivity index (χ1n) is 10.7. The zero-order valence-electron chi connectivity index (χ0n) is 17.3. The summed E-state index contributed by atoms with van der Waals surface area (Å²) in [6.07, 6.45) is 6.04. The number of methoxy groups -OCH3 is 1. The second kappa shape index (κ2) is 8.04. The molecule has 1 aliphatic heterocycles. The van der Waals surface area contributed by atoms with Crippen molar-refractivity contribution in [3.8, 4) is 0 Å². The van der Waals surface area contributed by atoms with Crippen LogP contribution in [0.4, 0.5) is 0 Å². The first kappa shape index (κ1) is 19.0. The molecule has 30 heavy (non-hydrogen) atoms. The van der Waals surface area contributed by atoms with Crippen molar-refractivity contribution in [1.82, 2.24) is 9.88 Å². The number of likely N-dealkylation sites (tertiary alicyclic amines) is 1. The molecule has 1 saturated heterocycles. The third-order valence-corrected chi connectivity index (χ3v) is 6.36. The van der Waals surface area contributed by atoms with Crippen LogP contribution in [0.3, 0.4) is 0 Å². The average Bonchev–Trinajstić information content (AvgIpc) is 3.19. The van der Waals surface area contributed by atoms with Crippen LogP contribution in [0.2, 0.25) is 0 Å². The quantitative estimate of drug-likeness (QED) is 0.625. The Morgan fingerprint density at radius 3 is 2.53 bits per heavy atom. The van der Waals surface area contributed by atoms with Crippen LogP contribution < -0.4 is 0 Å². The van der Waals surface area contributed by atoms with E-state index in [1.807, 2.05) is 35.2 Å². The van der Waals surface area contributed by atoms with Crippen LogP contribution in [0.15, 0.2) is 54.6 Å². The van der Waals surface area contributed by atoms with Crippen molar-refractivity contribution in [2.24, 2.45) is 0 Å². The van der Waals surface area contributed by atoms with Gasteiger partial charge in [0, 0.05) is 25.6 Å². The number of ether oxygens (including phenoxy) is 1. The van der Waals surface area contributed by atoms with Crippen molar-refractivity contribution in [3.05, 3.63) is 77.0 Å². The van der Waals surface area contributed by atoms with Gasteiger partial charge in [-0.05, 0) is 54.5 Å². The van der Waals surface area contributed by atoms with E-state index >= 15 is 0 Å². The minimum atomic E-state index is 0.139. The summed E-state index contributed by atoms with van der Waals surface area (Å²) in [7, 11) is 1.76. The minimum absolute atomic E-state index is 0.139. The Labute approximate surface area is 177 Å². The molecule has 0 atom stereocenters. The van der Waals surface area contributed by atoms with E-state index in [9.17, 15) is 4.79 Å². The van der Waals surface area contributed by atoms with E-state index in [2.05, 4.69) is 30.3 Å². The third-order valence-electron chi connectivity index (χ3n) is 6.36. The van der Waals surface area contributed by atoms with Gasteiger partial charge < -0.3 is 9.64 Å². The van der Waals surface area contributed by atoms with Gasteiger partial charge in [-0.25, -0.2) is 4.98 Å². The predicted molar refractivity (Wildman–Crippen MR) is 120 cm³/mol. The Balaban J connectivity index is 1.59. The fraction of sp³-hybridized carbons (Fsp3) is 0.308. The molecule has 3 aromatic rings. The lowest BCUT2D eigenvalue weighted by molar-refractivity contribution is 0.0351. The topological polar surface area (TPSA) is 42.4 Å². The lowest BCUT2D eigenvalue weighted by Gasteiger charge is -2.32. The molecule has 1 aliphatic carbocycles. The first-order valence-corrected chi connectivity index (χ1v) is 10.7. The van der Waals surface area contributed by atoms with Gasteiger partial charge >= 0.3 is 0 Å². The largest absolute Gasteiger partial charge is 0.381 e. The molecular formula is C26H26N2O2. The number of hydrogen-bond acceptors (Lipinski definition) is 3. The number of rotatable bonds is 3. The van der Waals surface area contributed by atoms with E-state index in [4.69, 9.17) is 9.72 Å². The molecule has 1 amide bonds. The molecule has 0 spiro atoms. The number of hydrogen-bond donors (Lipinski definition) is 0. The lowest BCUT2D eigenvalue weighted by atomic mass is 9.98. The number of pyridine rings is 1. The Bertz CT molecular complexity index is 1110. The zero-order chi connectivity index (χ0) is 20.5. The number of piperidine rings is 1. The van der Waals surface area contributed by atoms with Crippen LogP contribution in [0.5, 0.6) is 0 Å². The molecule has 4 heteroatoms. The van der Waals surface area contributed by atoms with E-state index in [0.29, 0.717) is 0 Å². The van der Waals surface area contributed by atoms with E-state index in [1.54, 1.807) is 7.11 Å². The SMILES string of the molecule is COC1CCN(C(=O)c2c3c(nc4ccccc24)/C(=C\c2ccccc2)CC3)CC1. The Morgan fingerprint density at radius 1 is 1.03 bits per heavy atom. The first-order chi connectivity index (χ1) is 14.7. The van der Waals surface area contributed by atoms with Gasteiger partial charge in [-0.2, -0.15) is 0 Å². The Morgan fingerprint density at radius 2 is 1.77 bits per heavy atom. The molecule has 5 rings (SSSR count). The highest BCUT2D eigenvalue weighted by molar-refractivity contribution is 6.09. The highest BCUT2D eigenvalue weighted by atomic mass is 16.5. The van der Waals surface area contributed by atoms with Crippen LogP contribution >= 0.6 is 0 Å². The van der Waals surface area contributed by atoms with Crippen LogP contribution in [0, 0.1) is 0 Å². The van der Waals surface area contributed by atoms with Gasteiger partial charge in [-0.3, -0.25) is 4.79 Å². The number of fused-ring (bicyclic) bond motifs is 2. The molecule has 2 aliphatic rings. The summed E-state index contributed by atoms with van der Waals surface area (Å²) in [6.45, 7) is 1.49. The van der Waals surface area contributed by atoms with Gasteiger partial charge in [0.15, 0.2) is 0 Å². The molecule has 1 aromatic heterocycles. The standard InChI is InChI=1S/C26H26N2O2/c1-30-20-13-15-28(16-14-20)26(29)24-21-9-5-6-10-23(21)27-25-19(11-12-22(24)25)17-18-7-3-2-4-8-18/h2-10,17,20H,11-16H2,1H3/b19-17-. The normalized spacial score (nSPS) is 18.2. The maximum atomic E-state index is 13.7. The third kappa shape index (κ3) is 3.41. The van der Waals surface area contributed by atoms with Crippen molar-refractivity contribution in [2.75, 3.05) is 20.2 Å². The van der Waals surface area contributed by atoms with Crippen molar-refractivity contribution in [2.45, 2.75) is 31.8 Å². The number of benzene rings is 2. The van der Waals surface area contributed by atoms with Gasteiger partial charge in [0.05, 0.1) is 22.9 Å². The van der Waals surface area contributed by atoms with Crippen molar-refractivity contribution < 1.29 is 9.53 Å². The number of para-hydroxylation sites is 1. The molecule has 4 nitrogen and oxygen atoms in total. The van der Waals surface area contributed by atoms with Gasteiger partial charge in [0.1, 0.15) is 0 Å². The molecule has 0 radical (unpaired) electrons. The summed E-state index contributed by atoms with van der Waals surface area (Å²) in [5.41, 5.74) is 6.23. The van der Waals surface area contributed by atoms with E-state index in [0.717, 1.165) is 66.5 Å². The Kier molecular flexibility index (Phi) is 5.09. The second-order valence-electron chi connectivity index (χ2n) is 8.14. The van der Waals surface area contributed by atoms with Crippen molar-refractivity contribution >= 4 is 28.5 Å². The molecule has 2 aromatic carbocycles. The lowest BCUT2D eigenvalue weighted by Crippen LogP contribution is -2.41. The summed E-state index contributed by atoms with van der Waals surface area (Å²) < 4.78 is 5.48. The number of allylic oxidation sites excluding steroid dienone is 1. The molecule has 0 saturated carbocycles. The molecule has 0 unspecified atom stereocenters. The fourth-order valence-corrected chi connectivity index (χ4v) is 4.73. The van der Waals surface area contributed by atoms with Crippen LogP contribution in [0.25, 0.3) is 22.6 Å². The van der Waals surface area contributed by atoms with Gasteiger partial charge in [0.2, 0.25) is 0 Å². The highest BCUT2D eigenvalue weighted by Crippen LogP contribution is 2.38. The zero-order valence-corrected chi connectivity index (χ0v) is 17.3. The summed E-state index contributed by atoms with van der Waals surface area (Å²) in [6, 6.07) is 18.4. The Hall–Kier alpha value is -2.98. The maximum absolute atomic E-state index is 13.7. The average molecular weight is 399 g/mol. The van der Waals surface area contributed by atoms with E-state index in [-0.39, 0.29) is 12.0 Å². The number of nitrogens with zero attached hydrogens (tertiary/aromatic N) is 2. The monoisotopic (exact) mass is 398 g/mol. The number of amides is 1. The van der Waals surface area contributed by atoms with Crippen LogP contribution in [-0.2, 0) is 11.2 Å². The summed E-state index contributed by atoms with van der Waals surface area (Å²) in [4.78, 5) is 20.7. The molecule has 1 fully saturated rings. The van der Waals surface area contributed by atoms with Gasteiger partial charge in [-0.1, -0.05) is 48.5 Å². The van der Waals surface area contributed by atoms with Crippen LogP contribution in [0.1, 0.15) is 46.4 Å². The fourth-order valence-electron chi connectivity index (χ4n) is 4.73. The molecular weight excluding hydrogens is 372 g/mol. The second-order valence-corrected chi connectivity index (χ2v) is 8.14. The number of aromatic nitrogens is 1. The molecule has 0 N–H and O–H groups in total. The maximum Gasteiger partial charge on any atom is 0.254 e. The highest BCUT2D eigenvalue weighted by Gasteiger charge is 2.30. The van der Waals surface area contributed by atoms with Crippen molar-refractivity contribution in [1.29, 1.82) is 0 Å². The number of carbonyl (C=O) groups excluding carboxylic acids is 1. The van der Waals surface area contributed by atoms with Gasteiger partial charge in [-0.15, -0.1) is 0 Å². The van der Waals surface area contributed by atoms with Crippen LogP contribution in [-0.4, -0.2) is 42.1 Å². The predicted octanol–water partition coefficient (Wildman–Crippen LogP) is 4.97. The summed E-state index contributed by atoms with van der Waals surface area (Å²) in [5.74, 6) is 0.139. The summed E-state index contributed by atoms with van der Waals surface area (Å²) >= 11 is 0. The molecule has 0 bridgehead atoms. The van der Waals surface area contributed by atoms with Crippen molar-refractivity contribution in [3.63, 3.8) is 0 Å². The van der Waals surface area contributed by atoms with E-state index < -0.39 is 0 Å². The number of carbonyl (C=O) groups is 1. The summed E-state index contributed by atoms with van der Waals surface area (Å²) in [5, 5.41) is 0.969. The molecule has 152 valence electrons. The van der Waals surface area contributed by atoms with E-state index in [1.165, 1.54) is 11.1 Å². The smallest absolute Gasteiger partial charge is 0.254 e. The molecule has 2 heterocycles. The van der Waals surface area contributed by atoms with Gasteiger partial charge in [0.25, 0.3) is 5.91 Å². The minimum Gasteiger partial charge on any atom is -0.381 e.